The number of Topliss-reactive ketones (excluding diaryl/α,β-unsaturated/α-hetero) is 1. The van der Waals surface area contributed by atoms with Gasteiger partial charge in [-0.2, -0.15) is 5.10 Å². The Kier molecular flexibility index (Phi) is 5.54. The molecule has 0 amide bonds. The van der Waals surface area contributed by atoms with E-state index in [1.165, 1.54) is 16.4 Å². The van der Waals surface area contributed by atoms with Crippen molar-refractivity contribution in [2.75, 3.05) is 6.61 Å². The number of ether oxygens (including phenoxy) is 1. The zero-order chi connectivity index (χ0) is 19.4. The number of aromatic nitrogens is 3. The predicted molar refractivity (Wildman–Crippen MR) is 102 cm³/mol. The molecule has 0 aliphatic rings. The molecule has 0 saturated heterocycles. The minimum Gasteiger partial charge on any atom is -0.454 e. The first-order valence-electron chi connectivity index (χ1n) is 8.85. The maximum absolute atomic E-state index is 12.5. The summed E-state index contributed by atoms with van der Waals surface area (Å²) in [5, 5.41) is 3.93. The molecule has 0 spiro atoms. The van der Waals surface area contributed by atoms with E-state index in [2.05, 4.69) is 21.8 Å². The summed E-state index contributed by atoms with van der Waals surface area (Å²) in [6, 6.07) is 12.1. The number of esters is 1. The van der Waals surface area contributed by atoms with Crippen molar-refractivity contribution in [2.24, 2.45) is 7.05 Å². The third-order valence-electron chi connectivity index (χ3n) is 4.62. The number of carbonyl (C=O) groups is 2. The van der Waals surface area contributed by atoms with Crippen LogP contribution in [0.25, 0.3) is 0 Å². The minimum absolute atomic E-state index is 0.202. The van der Waals surface area contributed by atoms with Crippen molar-refractivity contribution >= 4 is 11.8 Å². The molecular formula is C21H23N3O3. The van der Waals surface area contributed by atoms with Crippen molar-refractivity contribution in [3.63, 3.8) is 0 Å². The summed E-state index contributed by atoms with van der Waals surface area (Å²) in [6.45, 7) is 4.42. The van der Waals surface area contributed by atoms with Crippen molar-refractivity contribution in [3.8, 4) is 0 Å². The lowest BCUT2D eigenvalue weighted by atomic mass is 10.1. The van der Waals surface area contributed by atoms with E-state index < -0.39 is 5.97 Å². The van der Waals surface area contributed by atoms with Gasteiger partial charge in [-0.05, 0) is 31.9 Å². The van der Waals surface area contributed by atoms with Gasteiger partial charge in [-0.15, -0.1) is 0 Å². The first-order valence-corrected chi connectivity index (χ1v) is 8.85. The quantitative estimate of drug-likeness (QED) is 0.477. The first kappa shape index (κ1) is 18.6. The molecule has 0 atom stereocenters. The second-order valence-electron chi connectivity index (χ2n) is 6.57. The molecule has 0 saturated carbocycles. The highest BCUT2D eigenvalue weighted by molar-refractivity contribution is 6.00. The van der Waals surface area contributed by atoms with E-state index in [0.717, 1.165) is 24.4 Å². The molecule has 0 aliphatic carbocycles. The van der Waals surface area contributed by atoms with Crippen molar-refractivity contribution < 1.29 is 14.3 Å². The lowest BCUT2D eigenvalue weighted by Gasteiger charge is -2.10. The largest absolute Gasteiger partial charge is 0.454 e. The van der Waals surface area contributed by atoms with Crippen LogP contribution in [0, 0.1) is 13.8 Å². The van der Waals surface area contributed by atoms with Gasteiger partial charge in [0.1, 0.15) is 0 Å². The molecule has 6 heteroatoms. The number of hydrogen-bond acceptors (Lipinski definition) is 4. The number of benzene rings is 1. The monoisotopic (exact) mass is 365 g/mol. The van der Waals surface area contributed by atoms with Crippen LogP contribution in [0.15, 0.2) is 48.8 Å². The molecule has 2 aromatic heterocycles. The number of carbonyl (C=O) groups excluding carboxylic acids is 2. The van der Waals surface area contributed by atoms with Crippen LogP contribution >= 0.6 is 0 Å². The molecule has 0 unspecified atom stereocenters. The number of aryl methyl sites for hydroxylation is 3. The molecule has 27 heavy (non-hydrogen) atoms. The third kappa shape index (κ3) is 4.34. The van der Waals surface area contributed by atoms with Gasteiger partial charge in [-0.25, -0.2) is 4.79 Å². The molecular weight excluding hydrogens is 342 g/mol. The minimum atomic E-state index is -0.547. The van der Waals surface area contributed by atoms with Crippen LogP contribution in [0.1, 0.15) is 37.7 Å². The molecule has 3 rings (SSSR count). The summed E-state index contributed by atoms with van der Waals surface area (Å²) in [7, 11) is 1.71. The van der Waals surface area contributed by atoms with Gasteiger partial charge in [-0.3, -0.25) is 9.48 Å². The molecule has 140 valence electrons. The van der Waals surface area contributed by atoms with Crippen LogP contribution in [0.5, 0.6) is 0 Å². The Morgan fingerprint density at radius 2 is 1.89 bits per heavy atom. The van der Waals surface area contributed by atoms with E-state index in [1.54, 1.807) is 13.2 Å². The standard InChI is InChI=1S/C21H23N3O3/c1-15-11-19(16(2)24(15)10-9-17-7-5-4-6-8-17)20(25)14-27-21(26)18-12-22-23(3)13-18/h4-8,11-13H,9-10,14H2,1-3H3. The zero-order valence-corrected chi connectivity index (χ0v) is 15.8. The maximum Gasteiger partial charge on any atom is 0.341 e. The highest BCUT2D eigenvalue weighted by atomic mass is 16.5. The molecule has 0 radical (unpaired) electrons. The van der Waals surface area contributed by atoms with Crippen molar-refractivity contribution in [2.45, 2.75) is 26.8 Å². The Morgan fingerprint density at radius 3 is 2.56 bits per heavy atom. The molecule has 3 aromatic rings. The summed E-state index contributed by atoms with van der Waals surface area (Å²) in [6.07, 6.45) is 3.87. The first-order chi connectivity index (χ1) is 13.0. The van der Waals surface area contributed by atoms with Crippen molar-refractivity contribution in [1.82, 2.24) is 14.3 Å². The van der Waals surface area contributed by atoms with Crippen molar-refractivity contribution in [1.29, 1.82) is 0 Å². The summed E-state index contributed by atoms with van der Waals surface area (Å²) < 4.78 is 8.78. The van der Waals surface area contributed by atoms with Gasteiger partial charge in [0.15, 0.2) is 6.61 Å². The van der Waals surface area contributed by atoms with Gasteiger partial charge >= 0.3 is 5.97 Å². The Labute approximate surface area is 158 Å². The smallest absolute Gasteiger partial charge is 0.341 e. The van der Waals surface area contributed by atoms with Gasteiger partial charge in [0.25, 0.3) is 0 Å². The van der Waals surface area contributed by atoms with E-state index in [1.807, 2.05) is 38.1 Å². The van der Waals surface area contributed by atoms with E-state index in [4.69, 9.17) is 4.74 Å². The summed E-state index contributed by atoms with van der Waals surface area (Å²) >= 11 is 0. The van der Waals surface area contributed by atoms with E-state index in [0.29, 0.717) is 11.1 Å². The van der Waals surface area contributed by atoms with Crippen LogP contribution in [0.4, 0.5) is 0 Å². The normalized spacial score (nSPS) is 10.8. The SMILES string of the molecule is Cc1cc(C(=O)COC(=O)c2cnn(C)c2)c(C)n1CCc1ccccc1. The Bertz CT molecular complexity index is 954. The molecule has 2 heterocycles. The summed E-state index contributed by atoms with van der Waals surface area (Å²) in [5.74, 6) is -0.749. The Hall–Kier alpha value is -3.15. The van der Waals surface area contributed by atoms with Crippen LogP contribution in [-0.2, 0) is 24.8 Å². The van der Waals surface area contributed by atoms with E-state index in [-0.39, 0.29) is 12.4 Å². The van der Waals surface area contributed by atoms with Crippen LogP contribution in [0.3, 0.4) is 0 Å². The van der Waals surface area contributed by atoms with E-state index in [9.17, 15) is 9.59 Å². The fourth-order valence-electron chi connectivity index (χ4n) is 3.13. The average Bonchev–Trinajstić information content (AvgIpc) is 3.22. The van der Waals surface area contributed by atoms with Gasteiger partial charge in [0.2, 0.25) is 5.78 Å². The number of nitrogens with zero attached hydrogens (tertiary/aromatic N) is 3. The lowest BCUT2D eigenvalue weighted by Crippen LogP contribution is -2.15. The second kappa shape index (κ2) is 8.03. The number of rotatable bonds is 7. The fourth-order valence-corrected chi connectivity index (χ4v) is 3.13. The fraction of sp³-hybridized carbons (Fsp3) is 0.286. The van der Waals surface area contributed by atoms with Crippen molar-refractivity contribution in [3.05, 3.63) is 76.9 Å². The third-order valence-corrected chi connectivity index (χ3v) is 4.62. The van der Waals surface area contributed by atoms with Crippen LogP contribution in [0.2, 0.25) is 0 Å². The molecule has 0 aliphatic heterocycles. The molecule has 0 bridgehead atoms. The predicted octanol–water partition coefficient (Wildman–Crippen LogP) is 3.12. The number of hydrogen-bond donors (Lipinski definition) is 0. The number of ketones is 1. The summed E-state index contributed by atoms with van der Waals surface area (Å²) in [4.78, 5) is 24.5. The lowest BCUT2D eigenvalue weighted by molar-refractivity contribution is 0.0474. The van der Waals surface area contributed by atoms with Gasteiger partial charge < -0.3 is 9.30 Å². The molecule has 0 fully saturated rings. The topological polar surface area (TPSA) is 66.1 Å². The van der Waals surface area contributed by atoms with Crippen LogP contribution < -0.4 is 0 Å². The average molecular weight is 365 g/mol. The van der Waals surface area contributed by atoms with E-state index >= 15 is 0 Å². The Morgan fingerprint density at radius 1 is 1.15 bits per heavy atom. The highest BCUT2D eigenvalue weighted by Crippen LogP contribution is 2.17. The van der Waals surface area contributed by atoms with Gasteiger partial charge in [-0.1, -0.05) is 30.3 Å². The van der Waals surface area contributed by atoms with Crippen LogP contribution in [-0.4, -0.2) is 32.7 Å². The van der Waals surface area contributed by atoms with Gasteiger partial charge in [0, 0.05) is 36.7 Å². The molecule has 1 aromatic carbocycles. The second-order valence-corrected chi connectivity index (χ2v) is 6.57. The maximum atomic E-state index is 12.5. The molecule has 6 nitrogen and oxygen atoms in total. The summed E-state index contributed by atoms with van der Waals surface area (Å²) in [5.41, 5.74) is 4.10. The zero-order valence-electron chi connectivity index (χ0n) is 15.8. The highest BCUT2D eigenvalue weighted by Gasteiger charge is 2.18. The molecule has 0 N–H and O–H groups in total. The van der Waals surface area contributed by atoms with Gasteiger partial charge in [0.05, 0.1) is 11.8 Å². The Balaban J connectivity index is 1.64.